The minimum Gasteiger partial charge on any atom is -0.481 e. The molecule has 1 amide bonds. The lowest BCUT2D eigenvalue weighted by molar-refractivity contribution is 0.102. The van der Waals surface area contributed by atoms with Crippen molar-refractivity contribution in [3.63, 3.8) is 0 Å². The van der Waals surface area contributed by atoms with Gasteiger partial charge in [-0.2, -0.15) is 0 Å². The number of amides is 1. The number of carbonyl (C=O) groups excluding carboxylic acids is 1. The summed E-state index contributed by atoms with van der Waals surface area (Å²) >= 11 is 0. The lowest BCUT2D eigenvalue weighted by Crippen LogP contribution is -2.52. The van der Waals surface area contributed by atoms with Gasteiger partial charge in [0.25, 0.3) is 5.91 Å². The average Bonchev–Trinajstić information content (AvgIpc) is 2.80. The number of methoxy groups -OCH3 is 1. The monoisotopic (exact) mass is 405 g/mol. The molecule has 0 bridgehead atoms. The second-order valence-electron chi connectivity index (χ2n) is 6.99. The van der Waals surface area contributed by atoms with Crippen LogP contribution in [0.3, 0.4) is 0 Å². The van der Waals surface area contributed by atoms with Gasteiger partial charge in [0, 0.05) is 44.1 Å². The van der Waals surface area contributed by atoms with Gasteiger partial charge in [0.1, 0.15) is 5.82 Å². The van der Waals surface area contributed by atoms with Crippen molar-refractivity contribution < 1.29 is 9.53 Å². The highest BCUT2D eigenvalue weighted by molar-refractivity contribution is 6.03. The van der Waals surface area contributed by atoms with E-state index in [2.05, 4.69) is 42.0 Å². The molecule has 0 aliphatic carbocycles. The van der Waals surface area contributed by atoms with E-state index in [1.54, 1.807) is 24.5 Å². The van der Waals surface area contributed by atoms with E-state index in [0.29, 0.717) is 23.1 Å². The van der Waals surface area contributed by atoms with Crippen LogP contribution in [0.2, 0.25) is 0 Å². The third-order valence-corrected chi connectivity index (χ3v) is 4.96. The molecule has 1 N–H and O–H groups in total. The number of hydrogen-bond acceptors (Lipinski definition) is 8. The first kappa shape index (κ1) is 19.6. The standard InChI is InChI=1S/C21H23N7O2/c1-15-14-27(9-10-28(15)18-5-3-4-8-22-18)21-24-12-17(13-25-21)26-20(29)16-6-7-19(30-2)23-11-16/h3-8,11-13,15H,9-10,14H2,1-2H3,(H,26,29)/t15-/m1/s1. The number of nitrogens with zero attached hydrogens (tertiary/aromatic N) is 6. The Bertz CT molecular complexity index is 981. The van der Waals surface area contributed by atoms with Crippen molar-refractivity contribution in [3.8, 4) is 5.88 Å². The van der Waals surface area contributed by atoms with Gasteiger partial charge in [-0.1, -0.05) is 6.07 Å². The molecule has 3 aromatic heterocycles. The molecule has 1 saturated heterocycles. The molecule has 0 radical (unpaired) electrons. The summed E-state index contributed by atoms with van der Waals surface area (Å²) in [4.78, 5) is 34.1. The first-order valence-electron chi connectivity index (χ1n) is 9.70. The highest BCUT2D eigenvalue weighted by atomic mass is 16.5. The van der Waals surface area contributed by atoms with Crippen LogP contribution in [0, 0.1) is 0 Å². The Hall–Kier alpha value is -3.75. The van der Waals surface area contributed by atoms with E-state index in [0.717, 1.165) is 25.5 Å². The van der Waals surface area contributed by atoms with Crippen molar-refractivity contribution in [2.24, 2.45) is 0 Å². The minimum absolute atomic E-state index is 0.277. The van der Waals surface area contributed by atoms with E-state index in [1.165, 1.54) is 13.3 Å². The van der Waals surface area contributed by atoms with Crippen LogP contribution in [-0.4, -0.2) is 58.6 Å². The Morgan fingerprint density at radius 3 is 2.53 bits per heavy atom. The first-order chi connectivity index (χ1) is 14.6. The Labute approximate surface area is 174 Å². The van der Waals surface area contributed by atoms with Gasteiger partial charge in [-0.15, -0.1) is 0 Å². The molecule has 9 heteroatoms. The summed E-state index contributed by atoms with van der Waals surface area (Å²) in [7, 11) is 1.53. The van der Waals surface area contributed by atoms with E-state index in [1.807, 2.05) is 24.4 Å². The molecule has 30 heavy (non-hydrogen) atoms. The number of piperazine rings is 1. The SMILES string of the molecule is COc1ccc(C(=O)Nc2cnc(N3CCN(c4ccccn4)[C@H](C)C3)nc2)cn1. The maximum atomic E-state index is 12.3. The predicted molar refractivity (Wildman–Crippen MR) is 114 cm³/mol. The van der Waals surface area contributed by atoms with Gasteiger partial charge in [0.2, 0.25) is 11.8 Å². The number of carbonyl (C=O) groups is 1. The van der Waals surface area contributed by atoms with Crippen molar-refractivity contribution >= 4 is 23.4 Å². The molecule has 1 fully saturated rings. The van der Waals surface area contributed by atoms with Crippen molar-refractivity contribution in [3.05, 3.63) is 60.7 Å². The number of aromatic nitrogens is 4. The number of anilines is 3. The van der Waals surface area contributed by atoms with Crippen molar-refractivity contribution in [1.29, 1.82) is 0 Å². The normalized spacial score (nSPS) is 16.3. The zero-order chi connectivity index (χ0) is 20.9. The van der Waals surface area contributed by atoms with Gasteiger partial charge in [-0.25, -0.2) is 19.9 Å². The molecule has 4 heterocycles. The fourth-order valence-corrected chi connectivity index (χ4v) is 3.39. The molecule has 1 aliphatic rings. The summed E-state index contributed by atoms with van der Waals surface area (Å²) in [6.07, 6.45) is 6.51. The molecule has 3 aromatic rings. The molecule has 0 spiro atoms. The molecular weight excluding hydrogens is 382 g/mol. The lowest BCUT2D eigenvalue weighted by Gasteiger charge is -2.40. The maximum absolute atomic E-state index is 12.3. The average molecular weight is 405 g/mol. The second-order valence-corrected chi connectivity index (χ2v) is 6.99. The molecular formula is C21H23N7O2. The van der Waals surface area contributed by atoms with E-state index < -0.39 is 0 Å². The van der Waals surface area contributed by atoms with E-state index in [9.17, 15) is 4.79 Å². The molecule has 4 rings (SSSR count). The highest BCUT2D eigenvalue weighted by Gasteiger charge is 2.26. The summed E-state index contributed by atoms with van der Waals surface area (Å²) < 4.78 is 5.00. The van der Waals surface area contributed by atoms with E-state index >= 15 is 0 Å². The molecule has 1 aliphatic heterocycles. The zero-order valence-corrected chi connectivity index (χ0v) is 16.9. The number of hydrogen-bond donors (Lipinski definition) is 1. The third-order valence-electron chi connectivity index (χ3n) is 4.96. The topological polar surface area (TPSA) is 96.4 Å². The van der Waals surface area contributed by atoms with Gasteiger partial charge >= 0.3 is 0 Å². The largest absolute Gasteiger partial charge is 0.481 e. The number of pyridine rings is 2. The van der Waals surface area contributed by atoms with Crippen molar-refractivity contribution in [2.45, 2.75) is 13.0 Å². The molecule has 0 saturated carbocycles. The van der Waals surface area contributed by atoms with Crippen LogP contribution in [0.1, 0.15) is 17.3 Å². The van der Waals surface area contributed by atoms with Crippen LogP contribution in [0.25, 0.3) is 0 Å². The van der Waals surface area contributed by atoms with Crippen LogP contribution in [0.4, 0.5) is 17.5 Å². The fraction of sp³-hybridized carbons (Fsp3) is 0.286. The highest BCUT2D eigenvalue weighted by Crippen LogP contribution is 2.21. The summed E-state index contributed by atoms with van der Waals surface area (Å²) in [5.41, 5.74) is 0.957. The van der Waals surface area contributed by atoms with Crippen LogP contribution in [0.15, 0.2) is 55.1 Å². The van der Waals surface area contributed by atoms with Crippen LogP contribution < -0.4 is 19.9 Å². The van der Waals surface area contributed by atoms with Gasteiger partial charge < -0.3 is 19.9 Å². The molecule has 1 atom stereocenters. The minimum atomic E-state index is -0.279. The predicted octanol–water partition coefficient (Wildman–Crippen LogP) is 2.24. The van der Waals surface area contributed by atoms with Crippen molar-refractivity contribution in [1.82, 2.24) is 19.9 Å². The lowest BCUT2D eigenvalue weighted by atomic mass is 10.2. The van der Waals surface area contributed by atoms with Gasteiger partial charge in [0.05, 0.1) is 30.8 Å². The summed E-state index contributed by atoms with van der Waals surface area (Å²) in [6.45, 7) is 4.59. The Morgan fingerprint density at radius 2 is 1.90 bits per heavy atom. The van der Waals surface area contributed by atoms with E-state index in [-0.39, 0.29) is 11.9 Å². The Kier molecular flexibility index (Phi) is 5.69. The van der Waals surface area contributed by atoms with Gasteiger partial charge in [-0.3, -0.25) is 4.79 Å². The number of rotatable bonds is 5. The Balaban J connectivity index is 1.37. The molecule has 0 unspecified atom stereocenters. The zero-order valence-electron chi connectivity index (χ0n) is 16.9. The fourth-order valence-electron chi connectivity index (χ4n) is 3.39. The first-order valence-corrected chi connectivity index (χ1v) is 9.70. The van der Waals surface area contributed by atoms with Crippen molar-refractivity contribution in [2.75, 3.05) is 41.9 Å². The summed E-state index contributed by atoms with van der Waals surface area (Å²) in [5, 5.41) is 2.78. The second kappa shape index (κ2) is 8.73. The third kappa shape index (κ3) is 4.29. The van der Waals surface area contributed by atoms with E-state index in [4.69, 9.17) is 4.74 Å². The van der Waals surface area contributed by atoms with Crippen LogP contribution in [0.5, 0.6) is 5.88 Å². The number of ether oxygens (including phenoxy) is 1. The summed E-state index contributed by atoms with van der Waals surface area (Å²) in [6, 6.07) is 9.51. The number of nitrogens with one attached hydrogen (secondary N) is 1. The summed E-state index contributed by atoms with van der Waals surface area (Å²) in [5.74, 6) is 1.80. The molecule has 154 valence electrons. The Morgan fingerprint density at radius 1 is 1.07 bits per heavy atom. The van der Waals surface area contributed by atoms with Gasteiger partial charge in [-0.05, 0) is 25.1 Å². The maximum Gasteiger partial charge on any atom is 0.257 e. The molecule has 9 nitrogen and oxygen atoms in total. The van der Waals surface area contributed by atoms with Crippen LogP contribution in [-0.2, 0) is 0 Å². The van der Waals surface area contributed by atoms with Crippen LogP contribution >= 0.6 is 0 Å². The quantitative estimate of drug-likeness (QED) is 0.690. The van der Waals surface area contributed by atoms with Gasteiger partial charge in [0.15, 0.2) is 0 Å². The molecule has 0 aromatic carbocycles. The smallest absolute Gasteiger partial charge is 0.257 e.